The number of nitrogens with zero attached hydrogens (tertiary/aromatic N) is 2. The van der Waals surface area contributed by atoms with Crippen LogP contribution in [-0.2, 0) is 5.54 Å². The Morgan fingerprint density at radius 3 is 2.75 bits per heavy atom. The molecular weight excluding hydrogens is 154 g/mol. The number of aromatic nitrogens is 2. The highest BCUT2D eigenvalue weighted by atomic mass is 16.3. The summed E-state index contributed by atoms with van der Waals surface area (Å²) in [5.74, 6) is 0.515. The van der Waals surface area contributed by atoms with Crippen LogP contribution < -0.4 is 5.73 Å². The lowest BCUT2D eigenvalue weighted by molar-refractivity contribution is 0.213. The van der Waals surface area contributed by atoms with Gasteiger partial charge in [-0.2, -0.15) is 0 Å². The van der Waals surface area contributed by atoms with Gasteiger partial charge in [0.15, 0.2) is 0 Å². The van der Waals surface area contributed by atoms with E-state index >= 15 is 0 Å². The zero-order valence-electron chi connectivity index (χ0n) is 7.49. The van der Waals surface area contributed by atoms with Gasteiger partial charge >= 0.3 is 0 Å². The highest BCUT2D eigenvalue weighted by molar-refractivity contribution is 5.23. The first-order chi connectivity index (χ1) is 5.56. The van der Waals surface area contributed by atoms with Crippen LogP contribution in [0.5, 0.6) is 0 Å². The monoisotopic (exact) mass is 169 g/mol. The molecule has 1 aromatic rings. The van der Waals surface area contributed by atoms with Crippen molar-refractivity contribution >= 4 is 5.82 Å². The first-order valence-electron chi connectivity index (χ1n) is 3.97. The molecule has 0 saturated carbocycles. The van der Waals surface area contributed by atoms with Crippen molar-refractivity contribution in [3.63, 3.8) is 0 Å². The van der Waals surface area contributed by atoms with E-state index in [9.17, 15) is 0 Å². The fraction of sp³-hybridized carbons (Fsp3) is 0.625. The largest absolute Gasteiger partial charge is 0.396 e. The normalized spacial score (nSPS) is 11.9. The van der Waals surface area contributed by atoms with E-state index in [1.165, 1.54) is 0 Å². The Balaban J connectivity index is 2.81. The van der Waals surface area contributed by atoms with E-state index < -0.39 is 0 Å². The molecule has 0 aliphatic heterocycles. The van der Waals surface area contributed by atoms with Crippen LogP contribution in [0.4, 0.5) is 5.82 Å². The van der Waals surface area contributed by atoms with Gasteiger partial charge in [-0.3, -0.25) is 0 Å². The van der Waals surface area contributed by atoms with Crippen LogP contribution in [0.15, 0.2) is 12.5 Å². The van der Waals surface area contributed by atoms with Crippen molar-refractivity contribution in [3.8, 4) is 0 Å². The molecule has 68 valence electrons. The summed E-state index contributed by atoms with van der Waals surface area (Å²) < 4.78 is 1.92. The Hall–Kier alpha value is -1.03. The number of anilines is 1. The van der Waals surface area contributed by atoms with Crippen molar-refractivity contribution in [3.05, 3.63) is 12.5 Å². The Labute approximate surface area is 72.0 Å². The van der Waals surface area contributed by atoms with Crippen molar-refractivity contribution in [1.29, 1.82) is 0 Å². The van der Waals surface area contributed by atoms with E-state index in [1.54, 1.807) is 12.5 Å². The van der Waals surface area contributed by atoms with Crippen LogP contribution >= 0.6 is 0 Å². The number of aliphatic hydroxyl groups is 1. The van der Waals surface area contributed by atoms with Gasteiger partial charge in [0.1, 0.15) is 5.82 Å². The molecule has 3 N–H and O–H groups in total. The quantitative estimate of drug-likeness (QED) is 0.695. The zero-order chi connectivity index (χ0) is 9.19. The molecule has 0 aliphatic rings. The lowest BCUT2D eigenvalue weighted by Gasteiger charge is -2.25. The van der Waals surface area contributed by atoms with Gasteiger partial charge in [0.2, 0.25) is 0 Å². The number of hydrogen-bond donors (Lipinski definition) is 2. The Morgan fingerprint density at radius 1 is 1.67 bits per heavy atom. The average Bonchev–Trinajstić information content (AvgIpc) is 2.36. The van der Waals surface area contributed by atoms with Crippen molar-refractivity contribution in [2.24, 2.45) is 0 Å². The number of rotatable bonds is 3. The molecule has 0 aliphatic carbocycles. The lowest BCUT2D eigenvalue weighted by atomic mass is 10.0. The number of imidazole rings is 1. The average molecular weight is 169 g/mol. The molecule has 0 unspecified atom stereocenters. The van der Waals surface area contributed by atoms with Gasteiger partial charge in [-0.1, -0.05) is 0 Å². The molecule has 0 radical (unpaired) electrons. The lowest BCUT2D eigenvalue weighted by Crippen LogP contribution is -2.26. The van der Waals surface area contributed by atoms with E-state index in [0.29, 0.717) is 12.2 Å². The molecule has 0 spiro atoms. The molecule has 1 aromatic heterocycles. The highest BCUT2D eigenvalue weighted by Gasteiger charge is 2.18. The summed E-state index contributed by atoms with van der Waals surface area (Å²) in [6, 6.07) is 0. The first-order valence-corrected chi connectivity index (χ1v) is 3.97. The standard InChI is InChI=1S/C8H15N3O/c1-8(2,3-4-12)11-5-7(9)10-6-11/h5-6,12H,3-4,9H2,1-2H3. The molecule has 12 heavy (non-hydrogen) atoms. The minimum absolute atomic E-state index is 0.112. The van der Waals surface area contributed by atoms with Crippen LogP contribution in [0, 0.1) is 0 Å². The highest BCUT2D eigenvalue weighted by Crippen LogP contribution is 2.19. The van der Waals surface area contributed by atoms with Gasteiger partial charge < -0.3 is 15.4 Å². The maximum absolute atomic E-state index is 8.81. The summed E-state index contributed by atoms with van der Waals surface area (Å²) >= 11 is 0. The summed E-state index contributed by atoms with van der Waals surface area (Å²) in [7, 11) is 0. The Bertz CT molecular complexity index is 255. The van der Waals surface area contributed by atoms with Crippen LogP contribution in [0.25, 0.3) is 0 Å². The van der Waals surface area contributed by atoms with E-state index in [2.05, 4.69) is 4.98 Å². The third-order valence-electron chi connectivity index (χ3n) is 2.03. The summed E-state index contributed by atoms with van der Waals surface area (Å²) in [6.45, 7) is 4.24. The van der Waals surface area contributed by atoms with Gasteiger partial charge in [0, 0.05) is 18.3 Å². The molecule has 0 saturated heterocycles. The van der Waals surface area contributed by atoms with Crippen LogP contribution in [0.2, 0.25) is 0 Å². The number of nitrogen functional groups attached to an aromatic ring is 1. The van der Waals surface area contributed by atoms with E-state index in [1.807, 2.05) is 18.4 Å². The number of nitrogens with two attached hydrogens (primary N) is 1. The molecule has 1 rings (SSSR count). The molecule has 0 amide bonds. The third-order valence-corrected chi connectivity index (χ3v) is 2.03. The topological polar surface area (TPSA) is 64.1 Å². The van der Waals surface area contributed by atoms with Gasteiger partial charge in [0.05, 0.1) is 6.33 Å². The fourth-order valence-electron chi connectivity index (χ4n) is 1.07. The Morgan fingerprint density at radius 2 is 2.33 bits per heavy atom. The van der Waals surface area contributed by atoms with Gasteiger partial charge in [-0.05, 0) is 20.3 Å². The molecular formula is C8H15N3O. The SMILES string of the molecule is CC(C)(CCO)n1cnc(N)c1. The van der Waals surface area contributed by atoms with E-state index in [0.717, 1.165) is 0 Å². The maximum atomic E-state index is 8.81. The molecule has 4 nitrogen and oxygen atoms in total. The van der Waals surface area contributed by atoms with Crippen LogP contribution in [0.1, 0.15) is 20.3 Å². The molecule has 0 aromatic carbocycles. The summed E-state index contributed by atoms with van der Waals surface area (Å²) in [5.41, 5.74) is 5.37. The van der Waals surface area contributed by atoms with E-state index in [-0.39, 0.29) is 12.1 Å². The minimum Gasteiger partial charge on any atom is -0.396 e. The second kappa shape index (κ2) is 3.15. The zero-order valence-corrected chi connectivity index (χ0v) is 7.49. The molecule has 1 heterocycles. The van der Waals surface area contributed by atoms with Crippen molar-refractivity contribution in [1.82, 2.24) is 9.55 Å². The second-order valence-corrected chi connectivity index (χ2v) is 3.49. The predicted molar refractivity (Wildman–Crippen MR) is 47.7 cm³/mol. The smallest absolute Gasteiger partial charge is 0.141 e. The summed E-state index contributed by atoms with van der Waals surface area (Å²) in [5, 5.41) is 8.81. The van der Waals surface area contributed by atoms with E-state index in [4.69, 9.17) is 10.8 Å². The molecule has 0 fully saturated rings. The number of aliphatic hydroxyl groups excluding tert-OH is 1. The second-order valence-electron chi connectivity index (χ2n) is 3.49. The predicted octanol–water partition coefficient (Wildman–Crippen LogP) is 0.583. The minimum atomic E-state index is -0.112. The number of hydrogen-bond acceptors (Lipinski definition) is 3. The summed E-state index contributed by atoms with van der Waals surface area (Å²) in [4.78, 5) is 3.92. The van der Waals surface area contributed by atoms with Gasteiger partial charge in [0.25, 0.3) is 0 Å². The van der Waals surface area contributed by atoms with Gasteiger partial charge in [-0.25, -0.2) is 4.98 Å². The van der Waals surface area contributed by atoms with Crippen LogP contribution in [0.3, 0.4) is 0 Å². The molecule has 0 atom stereocenters. The van der Waals surface area contributed by atoms with Crippen LogP contribution in [-0.4, -0.2) is 21.3 Å². The summed E-state index contributed by atoms with van der Waals surface area (Å²) in [6.07, 6.45) is 4.16. The van der Waals surface area contributed by atoms with Crippen molar-refractivity contribution in [2.45, 2.75) is 25.8 Å². The van der Waals surface area contributed by atoms with Crippen molar-refractivity contribution in [2.75, 3.05) is 12.3 Å². The third kappa shape index (κ3) is 1.76. The fourth-order valence-corrected chi connectivity index (χ4v) is 1.07. The maximum Gasteiger partial charge on any atom is 0.141 e. The first kappa shape index (κ1) is 9.06. The molecule has 0 bridgehead atoms. The molecule has 4 heteroatoms. The Kier molecular flexibility index (Phi) is 2.38. The van der Waals surface area contributed by atoms with Gasteiger partial charge in [-0.15, -0.1) is 0 Å². The van der Waals surface area contributed by atoms with Crippen molar-refractivity contribution < 1.29 is 5.11 Å².